The predicted octanol–water partition coefficient (Wildman–Crippen LogP) is 3.69. The minimum atomic E-state index is -4.56. The predicted molar refractivity (Wildman–Crippen MR) is 80.5 cm³/mol. The fourth-order valence-electron chi connectivity index (χ4n) is 2.24. The Bertz CT molecular complexity index is 684. The van der Waals surface area contributed by atoms with Crippen LogP contribution in [-0.4, -0.2) is 19.6 Å². The van der Waals surface area contributed by atoms with Crippen molar-refractivity contribution in [3.8, 4) is 5.75 Å². The molecule has 2 aromatic carbocycles. The quantitative estimate of drug-likeness (QED) is 0.911. The van der Waals surface area contributed by atoms with Gasteiger partial charge in [0.05, 0.1) is 18.2 Å². The first-order chi connectivity index (χ1) is 10.9. The average Bonchev–Trinajstić information content (AvgIpc) is 2.54. The number of carbonyl (C=O) groups is 1. The van der Waals surface area contributed by atoms with E-state index in [1.165, 1.54) is 25.3 Å². The van der Waals surface area contributed by atoms with Gasteiger partial charge in [-0.25, -0.2) is 0 Å². The molecule has 6 heteroatoms. The largest absolute Gasteiger partial charge is 0.496 e. The molecule has 23 heavy (non-hydrogen) atoms. The topological polar surface area (TPSA) is 38.3 Å². The first-order valence-electron chi connectivity index (χ1n) is 7.00. The second-order valence-electron chi connectivity index (χ2n) is 4.86. The van der Waals surface area contributed by atoms with Gasteiger partial charge >= 0.3 is 6.18 Å². The lowest BCUT2D eigenvalue weighted by molar-refractivity contribution is -0.137. The standard InChI is InChI=1S/C17H16F3NO2/c1-23-15-9-5-2-6-12(15)10-11-21-16(22)13-7-3-4-8-14(13)17(18,19)20/h2-9H,10-11H2,1H3,(H,21,22). The molecule has 1 N–H and O–H groups in total. The third-order valence-corrected chi connectivity index (χ3v) is 3.35. The van der Waals surface area contributed by atoms with E-state index in [2.05, 4.69) is 5.32 Å². The molecule has 2 rings (SSSR count). The van der Waals surface area contributed by atoms with Gasteiger partial charge in [0.2, 0.25) is 0 Å². The number of methoxy groups -OCH3 is 1. The molecule has 0 saturated heterocycles. The minimum Gasteiger partial charge on any atom is -0.496 e. The second kappa shape index (κ2) is 7.17. The Kier molecular flexibility index (Phi) is 5.26. The number of para-hydroxylation sites is 1. The fraction of sp³-hybridized carbons (Fsp3) is 0.235. The SMILES string of the molecule is COc1ccccc1CCNC(=O)c1ccccc1C(F)(F)F. The smallest absolute Gasteiger partial charge is 0.417 e. The number of ether oxygens (including phenoxy) is 1. The van der Waals surface area contributed by atoms with Crippen LogP contribution < -0.4 is 10.1 Å². The maximum absolute atomic E-state index is 12.9. The zero-order valence-electron chi connectivity index (χ0n) is 12.5. The van der Waals surface area contributed by atoms with Gasteiger partial charge in [-0.05, 0) is 30.2 Å². The normalized spacial score (nSPS) is 11.1. The summed E-state index contributed by atoms with van der Waals surface area (Å²) in [6.07, 6.45) is -4.10. The van der Waals surface area contributed by atoms with E-state index in [0.717, 1.165) is 11.6 Å². The third kappa shape index (κ3) is 4.25. The van der Waals surface area contributed by atoms with Crippen LogP contribution in [0.3, 0.4) is 0 Å². The Hall–Kier alpha value is -2.50. The van der Waals surface area contributed by atoms with Crippen molar-refractivity contribution < 1.29 is 22.7 Å². The highest BCUT2D eigenvalue weighted by Gasteiger charge is 2.34. The number of amides is 1. The number of hydrogen-bond donors (Lipinski definition) is 1. The Labute approximate surface area is 132 Å². The van der Waals surface area contributed by atoms with Crippen molar-refractivity contribution in [2.24, 2.45) is 0 Å². The number of rotatable bonds is 5. The zero-order valence-corrected chi connectivity index (χ0v) is 12.5. The molecule has 0 aliphatic heterocycles. The summed E-state index contributed by atoms with van der Waals surface area (Å²) < 4.78 is 43.9. The van der Waals surface area contributed by atoms with Crippen molar-refractivity contribution in [3.63, 3.8) is 0 Å². The maximum atomic E-state index is 12.9. The molecule has 0 unspecified atom stereocenters. The van der Waals surface area contributed by atoms with Gasteiger partial charge in [0.15, 0.2) is 0 Å². The zero-order chi connectivity index (χ0) is 16.9. The lowest BCUT2D eigenvalue weighted by atomic mass is 10.1. The highest BCUT2D eigenvalue weighted by Crippen LogP contribution is 2.31. The summed E-state index contributed by atoms with van der Waals surface area (Å²) in [7, 11) is 1.54. The van der Waals surface area contributed by atoms with E-state index in [-0.39, 0.29) is 12.1 Å². The van der Waals surface area contributed by atoms with Gasteiger partial charge in [0.1, 0.15) is 5.75 Å². The first kappa shape index (κ1) is 16.9. The molecule has 1 amide bonds. The second-order valence-corrected chi connectivity index (χ2v) is 4.86. The van der Waals surface area contributed by atoms with Crippen LogP contribution in [0.25, 0.3) is 0 Å². The number of hydrogen-bond acceptors (Lipinski definition) is 2. The molecule has 0 fully saturated rings. The Morgan fingerprint density at radius 3 is 2.43 bits per heavy atom. The van der Waals surface area contributed by atoms with Crippen molar-refractivity contribution in [3.05, 3.63) is 65.2 Å². The monoisotopic (exact) mass is 323 g/mol. The lowest BCUT2D eigenvalue weighted by Gasteiger charge is -2.13. The van der Waals surface area contributed by atoms with Gasteiger partial charge in [0, 0.05) is 6.54 Å². The van der Waals surface area contributed by atoms with E-state index in [4.69, 9.17) is 4.74 Å². The van der Waals surface area contributed by atoms with Crippen LogP contribution in [-0.2, 0) is 12.6 Å². The summed E-state index contributed by atoms with van der Waals surface area (Å²) in [6.45, 7) is 0.214. The summed E-state index contributed by atoms with van der Waals surface area (Å²) in [4.78, 5) is 12.0. The molecule has 0 aromatic heterocycles. The van der Waals surface area contributed by atoms with Crippen molar-refractivity contribution >= 4 is 5.91 Å². The van der Waals surface area contributed by atoms with Crippen molar-refractivity contribution in [2.75, 3.05) is 13.7 Å². The summed E-state index contributed by atoms with van der Waals surface area (Å²) in [5.74, 6) is -0.0646. The molecule has 0 radical (unpaired) electrons. The molecule has 0 bridgehead atoms. The van der Waals surface area contributed by atoms with Crippen molar-refractivity contribution in [1.29, 1.82) is 0 Å². The van der Waals surface area contributed by atoms with Crippen LogP contribution in [0.4, 0.5) is 13.2 Å². The molecule has 3 nitrogen and oxygen atoms in total. The highest BCUT2D eigenvalue weighted by atomic mass is 19.4. The summed E-state index contributed by atoms with van der Waals surface area (Å²) in [6, 6.07) is 12.0. The third-order valence-electron chi connectivity index (χ3n) is 3.35. The maximum Gasteiger partial charge on any atom is 0.417 e. The van der Waals surface area contributed by atoms with Gasteiger partial charge < -0.3 is 10.1 Å². The Balaban J connectivity index is 2.04. The Morgan fingerprint density at radius 1 is 1.09 bits per heavy atom. The van der Waals surface area contributed by atoms with E-state index >= 15 is 0 Å². The van der Waals surface area contributed by atoms with Gasteiger partial charge in [-0.3, -0.25) is 4.79 Å². The summed E-state index contributed by atoms with van der Waals surface area (Å²) >= 11 is 0. The lowest BCUT2D eigenvalue weighted by Crippen LogP contribution is -2.28. The molecular weight excluding hydrogens is 307 g/mol. The number of halogens is 3. The average molecular weight is 323 g/mol. The number of carbonyl (C=O) groups excluding carboxylic acids is 1. The fourth-order valence-corrected chi connectivity index (χ4v) is 2.24. The van der Waals surface area contributed by atoms with E-state index in [1.807, 2.05) is 18.2 Å². The summed E-state index contributed by atoms with van der Waals surface area (Å²) in [5, 5.41) is 2.52. The van der Waals surface area contributed by atoms with Crippen LogP contribution in [0.5, 0.6) is 5.75 Å². The highest BCUT2D eigenvalue weighted by molar-refractivity contribution is 5.95. The van der Waals surface area contributed by atoms with Gasteiger partial charge in [0.25, 0.3) is 5.91 Å². The minimum absolute atomic E-state index is 0.214. The van der Waals surface area contributed by atoms with E-state index in [0.29, 0.717) is 12.2 Å². The number of benzene rings is 2. The van der Waals surface area contributed by atoms with Crippen LogP contribution in [0.15, 0.2) is 48.5 Å². The summed E-state index contributed by atoms with van der Waals surface area (Å²) in [5.41, 5.74) is -0.436. The van der Waals surface area contributed by atoms with E-state index in [9.17, 15) is 18.0 Å². The number of nitrogens with one attached hydrogen (secondary N) is 1. The molecule has 0 atom stereocenters. The molecule has 122 valence electrons. The van der Waals surface area contributed by atoms with Gasteiger partial charge in [-0.2, -0.15) is 13.2 Å². The van der Waals surface area contributed by atoms with Gasteiger partial charge in [-0.15, -0.1) is 0 Å². The first-order valence-corrected chi connectivity index (χ1v) is 7.00. The van der Waals surface area contributed by atoms with Gasteiger partial charge in [-0.1, -0.05) is 30.3 Å². The molecular formula is C17H16F3NO2. The molecule has 2 aromatic rings. The van der Waals surface area contributed by atoms with Crippen molar-refractivity contribution in [1.82, 2.24) is 5.32 Å². The van der Waals surface area contributed by atoms with Crippen LogP contribution in [0, 0.1) is 0 Å². The molecule has 0 saturated carbocycles. The van der Waals surface area contributed by atoms with E-state index in [1.54, 1.807) is 6.07 Å². The molecule has 0 heterocycles. The van der Waals surface area contributed by atoms with Crippen molar-refractivity contribution in [2.45, 2.75) is 12.6 Å². The van der Waals surface area contributed by atoms with E-state index < -0.39 is 17.6 Å². The molecule has 0 spiro atoms. The number of alkyl halides is 3. The molecule has 0 aliphatic carbocycles. The van der Waals surface area contributed by atoms with Crippen LogP contribution >= 0.6 is 0 Å². The van der Waals surface area contributed by atoms with Crippen LogP contribution in [0.2, 0.25) is 0 Å². The molecule has 0 aliphatic rings. The van der Waals surface area contributed by atoms with Crippen LogP contribution in [0.1, 0.15) is 21.5 Å². The Morgan fingerprint density at radius 2 is 1.74 bits per heavy atom.